The van der Waals surface area contributed by atoms with E-state index >= 15 is 0 Å². The maximum atomic E-state index is 12.8. The molecule has 0 radical (unpaired) electrons. The Bertz CT molecular complexity index is 1460. The van der Waals surface area contributed by atoms with E-state index in [1.807, 2.05) is 26.2 Å². The molecule has 7 nitrogen and oxygen atoms in total. The summed E-state index contributed by atoms with van der Waals surface area (Å²) in [6.07, 6.45) is 18.7. The zero-order valence-electron chi connectivity index (χ0n) is 25.5. The Morgan fingerprint density at radius 1 is 1.29 bits per heavy atom. The van der Waals surface area contributed by atoms with Gasteiger partial charge in [0.15, 0.2) is 6.23 Å². The maximum absolute atomic E-state index is 12.8. The summed E-state index contributed by atoms with van der Waals surface area (Å²) in [7, 11) is 1.74. The number of aliphatic imine (C=N–C) groups is 1. The minimum Gasteiger partial charge on any atom is -0.469 e. The molecule has 1 aromatic heterocycles. The summed E-state index contributed by atoms with van der Waals surface area (Å²) in [6, 6.07) is 6.68. The van der Waals surface area contributed by atoms with Gasteiger partial charge in [0.1, 0.15) is 18.4 Å². The number of imidazole rings is 1. The fourth-order valence-electron chi connectivity index (χ4n) is 5.64. The first-order valence-electron chi connectivity index (χ1n) is 15.0. The molecule has 222 valence electrons. The molecule has 5 rings (SSSR count). The third-order valence-electron chi connectivity index (χ3n) is 7.88. The van der Waals surface area contributed by atoms with Gasteiger partial charge in [-0.1, -0.05) is 31.2 Å². The molecule has 42 heavy (non-hydrogen) atoms. The summed E-state index contributed by atoms with van der Waals surface area (Å²) in [6.45, 7) is 9.31. The lowest BCUT2D eigenvalue weighted by atomic mass is 9.98. The van der Waals surface area contributed by atoms with Crippen molar-refractivity contribution in [2.45, 2.75) is 65.6 Å². The summed E-state index contributed by atoms with van der Waals surface area (Å²) in [5.41, 5.74) is 8.44. The number of aromatic nitrogens is 2. The zero-order valence-corrected chi connectivity index (χ0v) is 25.5. The van der Waals surface area contributed by atoms with Crippen molar-refractivity contribution >= 4 is 22.6 Å². The van der Waals surface area contributed by atoms with Gasteiger partial charge in [-0.2, -0.15) is 0 Å². The fraction of sp³-hybridized carbons (Fsp3) is 0.412. The molecule has 1 fully saturated rings. The van der Waals surface area contributed by atoms with Crippen LogP contribution in [0.1, 0.15) is 82.1 Å². The van der Waals surface area contributed by atoms with Crippen molar-refractivity contribution < 1.29 is 9.13 Å². The standard InChI is InChI=1S/C34H43FN6O/c1-6-33-41-15-8-7-10-27(30-20-38-34(39-30)29-11-9-14-36-29)16-23(2)17-31(41)28-13-12-26(18-32(28)42-33)24(3)19-37-25(4)21-40(5)22-35/h8,10,12-13,15-20,29,33,36H,6-7,9,11,14,21-22H2,1-5H3,(H,38,39)/b15-8?,23-16+,24-19+,27-10+,31-17-,37-25?. The Morgan fingerprint density at radius 2 is 2.14 bits per heavy atom. The predicted octanol–water partition coefficient (Wildman–Crippen LogP) is 7.23. The molecule has 3 aliphatic heterocycles. The van der Waals surface area contributed by atoms with Crippen LogP contribution in [0.5, 0.6) is 5.75 Å². The molecule has 4 heterocycles. The van der Waals surface area contributed by atoms with Gasteiger partial charge in [-0.25, -0.2) is 9.37 Å². The second-order valence-corrected chi connectivity index (χ2v) is 11.4. The quantitative estimate of drug-likeness (QED) is 0.259. The molecule has 2 aromatic rings. The number of nitrogens with zero attached hydrogens (tertiary/aromatic N) is 4. The second-order valence-electron chi connectivity index (χ2n) is 11.4. The Morgan fingerprint density at radius 3 is 2.90 bits per heavy atom. The number of fused-ring (bicyclic) bond motifs is 3. The molecule has 0 bridgehead atoms. The van der Waals surface area contributed by atoms with Gasteiger partial charge in [-0.3, -0.25) is 9.89 Å². The lowest BCUT2D eigenvalue weighted by Gasteiger charge is -2.38. The maximum Gasteiger partial charge on any atom is 0.175 e. The number of alkyl halides is 1. The topological polar surface area (TPSA) is 68.8 Å². The average Bonchev–Trinajstić information content (AvgIpc) is 3.70. The Labute approximate surface area is 249 Å². The number of H-pyrrole nitrogens is 1. The van der Waals surface area contributed by atoms with E-state index in [4.69, 9.17) is 9.72 Å². The van der Waals surface area contributed by atoms with E-state index in [-0.39, 0.29) is 6.23 Å². The molecule has 2 N–H and O–H groups in total. The van der Waals surface area contributed by atoms with Gasteiger partial charge in [0.05, 0.1) is 23.6 Å². The molecule has 1 aromatic carbocycles. The molecule has 0 aliphatic carbocycles. The number of hydrogen-bond donors (Lipinski definition) is 2. The minimum absolute atomic E-state index is 0.110. The largest absolute Gasteiger partial charge is 0.469 e. The predicted molar refractivity (Wildman–Crippen MR) is 170 cm³/mol. The molecule has 8 heteroatoms. The van der Waals surface area contributed by atoms with Crippen LogP contribution in [-0.2, 0) is 0 Å². The molecule has 0 saturated carbocycles. The van der Waals surface area contributed by atoms with Crippen molar-refractivity contribution in [3.05, 3.63) is 89.3 Å². The van der Waals surface area contributed by atoms with E-state index in [2.05, 4.69) is 82.7 Å². The van der Waals surface area contributed by atoms with Gasteiger partial charge in [0, 0.05) is 36.6 Å². The second kappa shape index (κ2) is 13.5. The van der Waals surface area contributed by atoms with Crippen LogP contribution >= 0.6 is 0 Å². The monoisotopic (exact) mass is 570 g/mol. The van der Waals surface area contributed by atoms with Crippen molar-refractivity contribution in [2.75, 3.05) is 26.9 Å². The van der Waals surface area contributed by atoms with Crippen molar-refractivity contribution in [2.24, 2.45) is 4.99 Å². The molecule has 1 saturated heterocycles. The highest BCUT2D eigenvalue weighted by Crippen LogP contribution is 2.40. The Kier molecular flexibility index (Phi) is 9.55. The molecule has 0 amide bonds. The van der Waals surface area contributed by atoms with Crippen LogP contribution in [0.4, 0.5) is 4.39 Å². The van der Waals surface area contributed by atoms with Crippen molar-refractivity contribution in [3.8, 4) is 5.75 Å². The summed E-state index contributed by atoms with van der Waals surface area (Å²) in [5, 5.41) is 3.53. The van der Waals surface area contributed by atoms with Crippen molar-refractivity contribution in [3.63, 3.8) is 0 Å². The van der Waals surface area contributed by atoms with E-state index in [0.29, 0.717) is 12.6 Å². The third-order valence-corrected chi connectivity index (χ3v) is 7.88. The van der Waals surface area contributed by atoms with E-state index in [9.17, 15) is 4.39 Å². The van der Waals surface area contributed by atoms with E-state index < -0.39 is 6.80 Å². The molecular weight excluding hydrogens is 527 g/mol. The molecule has 3 aliphatic rings. The summed E-state index contributed by atoms with van der Waals surface area (Å²) in [4.78, 5) is 16.7. The first kappa shape index (κ1) is 29.7. The van der Waals surface area contributed by atoms with Crippen LogP contribution in [0.3, 0.4) is 0 Å². The number of ether oxygens (including phenoxy) is 1. The number of nitrogens with one attached hydrogen (secondary N) is 2. The smallest absolute Gasteiger partial charge is 0.175 e. The number of aromatic amines is 1. The minimum atomic E-state index is -0.493. The van der Waals surface area contributed by atoms with Crippen LogP contribution < -0.4 is 10.1 Å². The lowest BCUT2D eigenvalue weighted by Crippen LogP contribution is -2.37. The molecular formula is C34H43FN6O. The first-order valence-corrected chi connectivity index (χ1v) is 15.0. The number of allylic oxidation sites excluding steroid dienone is 7. The van der Waals surface area contributed by atoms with Crippen molar-refractivity contribution in [1.29, 1.82) is 0 Å². The summed E-state index contributed by atoms with van der Waals surface area (Å²) in [5.74, 6) is 1.88. The van der Waals surface area contributed by atoms with Crippen LogP contribution in [0.25, 0.3) is 16.8 Å². The van der Waals surface area contributed by atoms with Gasteiger partial charge >= 0.3 is 0 Å². The van der Waals surface area contributed by atoms with Crippen LogP contribution in [-0.4, -0.2) is 58.6 Å². The van der Waals surface area contributed by atoms with Gasteiger partial charge in [-0.15, -0.1) is 0 Å². The van der Waals surface area contributed by atoms with Gasteiger partial charge in [0.25, 0.3) is 0 Å². The fourth-order valence-corrected chi connectivity index (χ4v) is 5.64. The van der Waals surface area contributed by atoms with Gasteiger partial charge in [-0.05, 0) is 94.1 Å². The summed E-state index contributed by atoms with van der Waals surface area (Å²) < 4.78 is 19.4. The average molecular weight is 571 g/mol. The highest BCUT2D eigenvalue weighted by molar-refractivity contribution is 5.85. The summed E-state index contributed by atoms with van der Waals surface area (Å²) >= 11 is 0. The van der Waals surface area contributed by atoms with Crippen molar-refractivity contribution in [1.82, 2.24) is 25.1 Å². The molecule has 2 unspecified atom stereocenters. The van der Waals surface area contributed by atoms with Gasteiger partial charge < -0.3 is 19.9 Å². The normalized spacial score (nSPS) is 25.1. The molecule has 0 spiro atoms. The van der Waals surface area contributed by atoms with E-state index in [1.165, 1.54) is 6.42 Å². The number of rotatable bonds is 8. The Hall–Kier alpha value is -3.75. The first-order chi connectivity index (χ1) is 20.4. The highest BCUT2D eigenvalue weighted by atomic mass is 19.1. The third kappa shape index (κ3) is 6.82. The highest BCUT2D eigenvalue weighted by Gasteiger charge is 2.29. The van der Waals surface area contributed by atoms with Gasteiger partial charge in [0.2, 0.25) is 0 Å². The number of hydrogen-bond acceptors (Lipinski definition) is 6. The van der Waals surface area contributed by atoms with E-state index in [0.717, 1.165) is 82.3 Å². The van der Waals surface area contributed by atoms with Crippen LogP contribution in [0.15, 0.2) is 71.7 Å². The molecule has 2 atom stereocenters. The lowest BCUT2D eigenvalue weighted by molar-refractivity contribution is 0.0855. The number of benzene rings is 1. The van der Waals surface area contributed by atoms with Crippen LogP contribution in [0.2, 0.25) is 0 Å². The van der Waals surface area contributed by atoms with Crippen LogP contribution in [0, 0.1) is 0 Å². The number of halogens is 1. The SMILES string of the molecule is CCC1Oc2cc(/C(C)=C/N=C(C)CN(C)CF)ccc2/C2=C/C(C)=C/C(c3cnc(C4CCCN4)[nH]3)=C\CC=CN21. The Balaban J connectivity index is 1.45. The van der Waals surface area contributed by atoms with E-state index in [1.54, 1.807) is 11.9 Å². The zero-order chi connectivity index (χ0) is 29.6.